The largest absolute Gasteiger partial charge is 0.467 e. The summed E-state index contributed by atoms with van der Waals surface area (Å²) in [5.74, 6) is -0.589. The molecular formula is C14H20O3. The normalized spacial score (nSPS) is 13.2. The zero-order chi connectivity index (χ0) is 13.1. The molecule has 0 radical (unpaired) electrons. The molecule has 0 aliphatic carbocycles. The third-order valence-corrected chi connectivity index (χ3v) is 2.71. The van der Waals surface area contributed by atoms with E-state index in [2.05, 4.69) is 25.5 Å². The van der Waals surface area contributed by atoms with Gasteiger partial charge < -0.3 is 9.84 Å². The highest BCUT2D eigenvalue weighted by molar-refractivity contribution is 5.74. The quantitative estimate of drug-likeness (QED) is 0.817. The van der Waals surface area contributed by atoms with Gasteiger partial charge in [0.05, 0.1) is 7.11 Å². The summed E-state index contributed by atoms with van der Waals surface area (Å²) >= 11 is 0. The average molecular weight is 236 g/mol. The number of aliphatic hydroxyl groups excluding tert-OH is 1. The molecule has 3 nitrogen and oxygen atoms in total. The van der Waals surface area contributed by atoms with E-state index < -0.39 is 12.1 Å². The van der Waals surface area contributed by atoms with Crippen molar-refractivity contribution in [2.24, 2.45) is 0 Å². The molecule has 0 aliphatic rings. The van der Waals surface area contributed by atoms with E-state index in [4.69, 9.17) is 0 Å². The first kappa shape index (κ1) is 13.7. The SMILES string of the molecule is COC(=O)C(O)Cc1ccccc1C(C)(C)C. The molecule has 1 aromatic carbocycles. The fourth-order valence-electron chi connectivity index (χ4n) is 1.86. The lowest BCUT2D eigenvalue weighted by Crippen LogP contribution is -2.26. The highest BCUT2D eigenvalue weighted by atomic mass is 16.5. The van der Waals surface area contributed by atoms with Gasteiger partial charge in [-0.3, -0.25) is 0 Å². The van der Waals surface area contributed by atoms with E-state index in [1.165, 1.54) is 7.11 Å². The minimum atomic E-state index is -1.09. The molecule has 1 aromatic rings. The molecular weight excluding hydrogens is 216 g/mol. The Bertz CT molecular complexity index is 391. The highest BCUT2D eigenvalue weighted by Gasteiger charge is 2.22. The lowest BCUT2D eigenvalue weighted by atomic mass is 9.82. The van der Waals surface area contributed by atoms with Gasteiger partial charge in [-0.1, -0.05) is 45.0 Å². The van der Waals surface area contributed by atoms with Gasteiger partial charge in [0, 0.05) is 6.42 Å². The predicted octanol–water partition coefficient (Wildman–Crippen LogP) is 2.06. The summed E-state index contributed by atoms with van der Waals surface area (Å²) < 4.78 is 4.52. The fourth-order valence-corrected chi connectivity index (χ4v) is 1.86. The summed E-state index contributed by atoms with van der Waals surface area (Å²) in [6, 6.07) is 7.84. The van der Waals surface area contributed by atoms with E-state index >= 15 is 0 Å². The van der Waals surface area contributed by atoms with Crippen molar-refractivity contribution in [3.05, 3.63) is 35.4 Å². The van der Waals surface area contributed by atoms with Crippen LogP contribution in [0.2, 0.25) is 0 Å². The Hall–Kier alpha value is -1.35. The Morgan fingerprint density at radius 1 is 1.35 bits per heavy atom. The first-order valence-corrected chi connectivity index (χ1v) is 5.70. The van der Waals surface area contributed by atoms with Crippen molar-refractivity contribution in [3.63, 3.8) is 0 Å². The number of rotatable bonds is 3. The van der Waals surface area contributed by atoms with Crippen molar-refractivity contribution in [2.75, 3.05) is 7.11 Å². The van der Waals surface area contributed by atoms with Crippen molar-refractivity contribution in [1.82, 2.24) is 0 Å². The highest BCUT2D eigenvalue weighted by Crippen LogP contribution is 2.26. The van der Waals surface area contributed by atoms with E-state index in [-0.39, 0.29) is 5.41 Å². The maximum absolute atomic E-state index is 11.2. The molecule has 1 N–H and O–H groups in total. The van der Waals surface area contributed by atoms with Crippen LogP contribution in [0.1, 0.15) is 31.9 Å². The fraction of sp³-hybridized carbons (Fsp3) is 0.500. The first-order chi connectivity index (χ1) is 7.86. The summed E-state index contributed by atoms with van der Waals surface area (Å²) in [6.45, 7) is 6.32. The Labute approximate surface area is 102 Å². The first-order valence-electron chi connectivity index (χ1n) is 5.70. The number of hydrogen-bond acceptors (Lipinski definition) is 3. The predicted molar refractivity (Wildman–Crippen MR) is 66.9 cm³/mol. The Morgan fingerprint density at radius 2 is 1.94 bits per heavy atom. The number of ether oxygens (including phenoxy) is 1. The minimum absolute atomic E-state index is 0.00751. The van der Waals surface area contributed by atoms with Crippen LogP contribution < -0.4 is 0 Å². The van der Waals surface area contributed by atoms with Crippen molar-refractivity contribution >= 4 is 5.97 Å². The summed E-state index contributed by atoms with van der Waals surface area (Å²) in [7, 11) is 1.28. The molecule has 0 fully saturated rings. The van der Waals surface area contributed by atoms with Crippen LogP contribution in [-0.2, 0) is 21.4 Å². The van der Waals surface area contributed by atoms with Crippen LogP contribution in [0.3, 0.4) is 0 Å². The van der Waals surface area contributed by atoms with E-state index in [0.717, 1.165) is 11.1 Å². The minimum Gasteiger partial charge on any atom is -0.467 e. The van der Waals surface area contributed by atoms with Gasteiger partial charge in [0.1, 0.15) is 0 Å². The standard InChI is InChI=1S/C14H20O3/c1-14(2,3)11-8-6-5-7-10(11)9-12(15)13(16)17-4/h5-8,12,15H,9H2,1-4H3. The van der Waals surface area contributed by atoms with Crippen LogP contribution in [0.5, 0.6) is 0 Å². The van der Waals surface area contributed by atoms with Crippen molar-refractivity contribution in [1.29, 1.82) is 0 Å². The Balaban J connectivity index is 2.95. The van der Waals surface area contributed by atoms with Crippen molar-refractivity contribution in [3.8, 4) is 0 Å². The number of carbonyl (C=O) groups excluding carboxylic acids is 1. The van der Waals surface area contributed by atoms with Crippen LogP contribution in [0.15, 0.2) is 24.3 Å². The zero-order valence-corrected chi connectivity index (χ0v) is 10.9. The number of aliphatic hydroxyl groups is 1. The lowest BCUT2D eigenvalue weighted by Gasteiger charge is -2.23. The number of carbonyl (C=O) groups is 1. The lowest BCUT2D eigenvalue weighted by molar-refractivity contribution is -0.150. The Morgan fingerprint density at radius 3 is 2.47 bits per heavy atom. The van der Waals surface area contributed by atoms with Gasteiger partial charge in [0.25, 0.3) is 0 Å². The molecule has 0 aromatic heterocycles. The molecule has 94 valence electrons. The van der Waals surface area contributed by atoms with Gasteiger partial charge in [-0.15, -0.1) is 0 Å². The number of benzene rings is 1. The Kier molecular flexibility index (Phi) is 4.29. The summed E-state index contributed by atoms with van der Waals surface area (Å²) in [5.41, 5.74) is 2.12. The molecule has 0 saturated carbocycles. The molecule has 3 heteroatoms. The molecule has 0 bridgehead atoms. The van der Waals surface area contributed by atoms with Crippen molar-refractivity contribution < 1.29 is 14.6 Å². The number of hydrogen-bond donors (Lipinski definition) is 1. The van der Waals surface area contributed by atoms with Gasteiger partial charge in [-0.2, -0.15) is 0 Å². The third-order valence-electron chi connectivity index (χ3n) is 2.71. The van der Waals surface area contributed by atoms with Gasteiger partial charge in [-0.25, -0.2) is 4.79 Å². The molecule has 1 atom stereocenters. The van der Waals surface area contributed by atoms with Crippen LogP contribution in [0, 0.1) is 0 Å². The molecule has 0 amide bonds. The third kappa shape index (κ3) is 3.56. The molecule has 0 heterocycles. The molecule has 0 aliphatic heterocycles. The maximum Gasteiger partial charge on any atom is 0.335 e. The summed E-state index contributed by atoms with van der Waals surface area (Å²) in [6.07, 6.45) is -0.802. The van der Waals surface area contributed by atoms with Gasteiger partial charge in [0.15, 0.2) is 6.10 Å². The second-order valence-corrected chi connectivity index (χ2v) is 5.15. The second-order valence-electron chi connectivity index (χ2n) is 5.15. The summed E-state index contributed by atoms with van der Waals surface area (Å²) in [5, 5.41) is 9.69. The number of esters is 1. The van der Waals surface area contributed by atoms with Crippen LogP contribution in [0.25, 0.3) is 0 Å². The molecule has 0 spiro atoms. The van der Waals surface area contributed by atoms with E-state index in [0.29, 0.717) is 6.42 Å². The van der Waals surface area contributed by atoms with E-state index in [1.54, 1.807) is 0 Å². The van der Waals surface area contributed by atoms with Crippen LogP contribution in [-0.4, -0.2) is 24.3 Å². The second kappa shape index (κ2) is 5.32. The molecule has 1 unspecified atom stereocenters. The smallest absolute Gasteiger partial charge is 0.335 e. The van der Waals surface area contributed by atoms with Crippen molar-refractivity contribution in [2.45, 2.75) is 38.7 Å². The molecule has 0 saturated heterocycles. The monoisotopic (exact) mass is 236 g/mol. The maximum atomic E-state index is 11.2. The van der Waals surface area contributed by atoms with Crippen LogP contribution >= 0.6 is 0 Å². The molecule has 1 rings (SSSR count). The van der Waals surface area contributed by atoms with Gasteiger partial charge in [0.2, 0.25) is 0 Å². The zero-order valence-electron chi connectivity index (χ0n) is 10.9. The average Bonchev–Trinajstić information content (AvgIpc) is 2.27. The van der Waals surface area contributed by atoms with Crippen LogP contribution in [0.4, 0.5) is 0 Å². The molecule has 17 heavy (non-hydrogen) atoms. The topological polar surface area (TPSA) is 46.5 Å². The van der Waals surface area contributed by atoms with Gasteiger partial charge in [-0.05, 0) is 16.5 Å². The summed E-state index contributed by atoms with van der Waals surface area (Å²) in [4.78, 5) is 11.2. The van der Waals surface area contributed by atoms with Gasteiger partial charge >= 0.3 is 5.97 Å². The number of methoxy groups -OCH3 is 1. The van der Waals surface area contributed by atoms with E-state index in [1.807, 2.05) is 24.3 Å². The van der Waals surface area contributed by atoms with E-state index in [9.17, 15) is 9.90 Å².